The summed E-state index contributed by atoms with van der Waals surface area (Å²) >= 11 is 3.00. The Labute approximate surface area is 184 Å². The van der Waals surface area contributed by atoms with Crippen LogP contribution in [0.3, 0.4) is 0 Å². The summed E-state index contributed by atoms with van der Waals surface area (Å²) in [7, 11) is -3.12. The summed E-state index contributed by atoms with van der Waals surface area (Å²) in [6.45, 7) is 3.68. The molecule has 1 aliphatic heterocycles. The molecule has 0 unspecified atom stereocenters. The predicted octanol–water partition coefficient (Wildman–Crippen LogP) is 3.02. The first-order valence-corrected chi connectivity index (χ1v) is 13.4. The van der Waals surface area contributed by atoms with Crippen LogP contribution in [0.2, 0.25) is 0 Å². The van der Waals surface area contributed by atoms with Crippen molar-refractivity contribution in [2.24, 2.45) is 0 Å². The van der Waals surface area contributed by atoms with E-state index in [9.17, 15) is 18.0 Å². The van der Waals surface area contributed by atoms with Crippen LogP contribution in [0.4, 0.5) is 0 Å². The van der Waals surface area contributed by atoms with Gasteiger partial charge in [0.2, 0.25) is 0 Å². The van der Waals surface area contributed by atoms with E-state index in [1.807, 2.05) is 17.5 Å². The van der Waals surface area contributed by atoms with Gasteiger partial charge in [-0.1, -0.05) is 12.1 Å². The zero-order chi connectivity index (χ0) is 21.7. The third-order valence-corrected chi connectivity index (χ3v) is 8.36. The smallest absolute Gasteiger partial charge is 0.340 e. The molecule has 1 aliphatic rings. The molecular formula is C20H24N2O5S3. The van der Waals surface area contributed by atoms with Crippen molar-refractivity contribution < 1.29 is 22.7 Å². The maximum Gasteiger partial charge on any atom is 0.340 e. The van der Waals surface area contributed by atoms with E-state index in [-0.39, 0.29) is 23.5 Å². The molecule has 0 N–H and O–H groups in total. The molecular weight excluding hydrogens is 444 g/mol. The van der Waals surface area contributed by atoms with Crippen LogP contribution in [-0.4, -0.2) is 60.4 Å². The van der Waals surface area contributed by atoms with Crippen LogP contribution in [0.25, 0.3) is 0 Å². The van der Waals surface area contributed by atoms with Gasteiger partial charge in [-0.2, -0.15) is 0 Å². The number of hydrogen-bond acceptors (Lipinski definition) is 8. The lowest BCUT2D eigenvalue weighted by molar-refractivity contribution is -0.141. The van der Waals surface area contributed by atoms with Crippen molar-refractivity contribution in [3.05, 3.63) is 46.4 Å². The summed E-state index contributed by atoms with van der Waals surface area (Å²) in [4.78, 5) is 32.1. The molecule has 1 aromatic heterocycles. The standard InChI is InChI=1S/C20H24N2O5S3/c1-3-22(16-8-9-30(25,26)12-16)19(23)14(2)27-20(24)17-6-4-5-7-18(17)29-11-15-10-28-13-21-15/h4-7,10,13-14,16H,3,8-9,11-12H2,1-2H3/t14-,16-/m0/s1. The first-order valence-electron chi connectivity index (χ1n) is 9.61. The number of carbonyl (C=O) groups is 2. The fraction of sp³-hybridized carbons (Fsp3) is 0.450. The summed E-state index contributed by atoms with van der Waals surface area (Å²) in [5, 5.41) is 1.96. The number of ether oxygens (including phenoxy) is 1. The molecule has 2 atom stereocenters. The van der Waals surface area contributed by atoms with Gasteiger partial charge in [0.05, 0.1) is 28.3 Å². The average Bonchev–Trinajstić information content (AvgIpc) is 3.36. The topological polar surface area (TPSA) is 93.6 Å². The molecule has 0 aliphatic carbocycles. The van der Waals surface area contributed by atoms with Crippen LogP contribution in [0.15, 0.2) is 40.1 Å². The molecule has 0 bridgehead atoms. The van der Waals surface area contributed by atoms with E-state index >= 15 is 0 Å². The van der Waals surface area contributed by atoms with E-state index in [4.69, 9.17) is 4.74 Å². The first-order chi connectivity index (χ1) is 14.3. The van der Waals surface area contributed by atoms with E-state index in [0.717, 1.165) is 10.6 Å². The lowest BCUT2D eigenvalue weighted by atomic mass is 10.2. The Hall–Kier alpha value is -1.91. The summed E-state index contributed by atoms with van der Waals surface area (Å²) in [6, 6.07) is 6.73. The van der Waals surface area contributed by atoms with Gasteiger partial charge in [-0.3, -0.25) is 4.79 Å². The number of carbonyl (C=O) groups excluding carboxylic acids is 2. The molecule has 1 saturated heterocycles. The minimum atomic E-state index is -3.12. The maximum absolute atomic E-state index is 12.8. The van der Waals surface area contributed by atoms with Crippen LogP contribution < -0.4 is 0 Å². The summed E-state index contributed by atoms with van der Waals surface area (Å²) < 4.78 is 29.0. The fourth-order valence-electron chi connectivity index (χ4n) is 3.34. The van der Waals surface area contributed by atoms with Crippen LogP contribution in [-0.2, 0) is 25.1 Å². The molecule has 1 amide bonds. The number of esters is 1. The Balaban J connectivity index is 1.65. The molecule has 0 spiro atoms. The van der Waals surface area contributed by atoms with E-state index < -0.39 is 21.9 Å². The van der Waals surface area contributed by atoms with Crippen molar-refractivity contribution in [3.63, 3.8) is 0 Å². The molecule has 162 valence electrons. The van der Waals surface area contributed by atoms with Crippen LogP contribution in [0, 0.1) is 0 Å². The maximum atomic E-state index is 12.8. The predicted molar refractivity (Wildman–Crippen MR) is 117 cm³/mol. The first kappa shape index (κ1) is 22.8. The van der Waals surface area contributed by atoms with Gasteiger partial charge in [0, 0.05) is 28.6 Å². The molecule has 3 rings (SSSR count). The Morgan fingerprint density at radius 3 is 2.77 bits per heavy atom. The van der Waals surface area contributed by atoms with Crippen molar-refractivity contribution in [3.8, 4) is 0 Å². The minimum absolute atomic E-state index is 0.0384. The van der Waals surface area contributed by atoms with Gasteiger partial charge in [-0.15, -0.1) is 23.1 Å². The van der Waals surface area contributed by atoms with Gasteiger partial charge < -0.3 is 9.64 Å². The monoisotopic (exact) mass is 468 g/mol. The third-order valence-electron chi connectivity index (χ3n) is 4.87. The second-order valence-electron chi connectivity index (χ2n) is 6.99. The Kier molecular flexibility index (Phi) is 7.54. The Bertz CT molecular complexity index is 992. The number of benzene rings is 1. The van der Waals surface area contributed by atoms with Gasteiger partial charge in [0.1, 0.15) is 0 Å². The number of thioether (sulfide) groups is 1. The largest absolute Gasteiger partial charge is 0.449 e. The molecule has 0 radical (unpaired) electrons. The zero-order valence-corrected chi connectivity index (χ0v) is 19.3. The van der Waals surface area contributed by atoms with E-state index in [2.05, 4.69) is 4.98 Å². The highest BCUT2D eigenvalue weighted by atomic mass is 32.2. The highest BCUT2D eigenvalue weighted by Gasteiger charge is 2.36. The van der Waals surface area contributed by atoms with Crippen molar-refractivity contribution >= 4 is 44.8 Å². The van der Waals surface area contributed by atoms with Gasteiger partial charge in [-0.25, -0.2) is 18.2 Å². The number of likely N-dealkylation sites (N-methyl/N-ethyl adjacent to an activating group) is 1. The van der Waals surface area contributed by atoms with Gasteiger partial charge in [0.25, 0.3) is 5.91 Å². The average molecular weight is 469 g/mol. The quantitative estimate of drug-likeness (QED) is 0.434. The van der Waals surface area contributed by atoms with Crippen molar-refractivity contribution in [2.75, 3.05) is 18.1 Å². The zero-order valence-electron chi connectivity index (χ0n) is 16.8. The second kappa shape index (κ2) is 9.93. The number of amides is 1. The molecule has 0 saturated carbocycles. The molecule has 1 fully saturated rings. The Morgan fingerprint density at radius 2 is 2.13 bits per heavy atom. The van der Waals surface area contributed by atoms with Gasteiger partial charge in [0.15, 0.2) is 15.9 Å². The summed E-state index contributed by atoms with van der Waals surface area (Å²) in [5.41, 5.74) is 3.09. The summed E-state index contributed by atoms with van der Waals surface area (Å²) in [6.07, 6.45) is -0.587. The van der Waals surface area contributed by atoms with Crippen LogP contribution >= 0.6 is 23.1 Å². The van der Waals surface area contributed by atoms with E-state index in [1.165, 1.54) is 34.9 Å². The van der Waals surface area contributed by atoms with Crippen molar-refractivity contribution in [2.45, 2.75) is 43.1 Å². The van der Waals surface area contributed by atoms with Crippen molar-refractivity contribution in [1.29, 1.82) is 0 Å². The number of nitrogens with zero attached hydrogens (tertiary/aromatic N) is 2. The SMILES string of the molecule is CCN(C(=O)[C@H](C)OC(=O)c1ccccc1SCc1cscn1)[C@H]1CCS(=O)(=O)C1. The van der Waals surface area contributed by atoms with E-state index in [1.54, 1.807) is 24.6 Å². The van der Waals surface area contributed by atoms with Crippen LogP contribution in [0.1, 0.15) is 36.3 Å². The lowest BCUT2D eigenvalue weighted by Crippen LogP contribution is -2.46. The highest BCUT2D eigenvalue weighted by molar-refractivity contribution is 7.98. The number of rotatable bonds is 8. The van der Waals surface area contributed by atoms with Gasteiger partial charge >= 0.3 is 5.97 Å². The van der Waals surface area contributed by atoms with Crippen molar-refractivity contribution in [1.82, 2.24) is 9.88 Å². The third kappa shape index (κ3) is 5.61. The molecule has 7 nitrogen and oxygen atoms in total. The highest BCUT2D eigenvalue weighted by Crippen LogP contribution is 2.27. The number of hydrogen-bond donors (Lipinski definition) is 0. The summed E-state index contributed by atoms with van der Waals surface area (Å²) in [5.74, 6) is -0.280. The second-order valence-corrected chi connectivity index (χ2v) is 11.0. The molecule has 10 heteroatoms. The molecule has 2 heterocycles. The minimum Gasteiger partial charge on any atom is -0.449 e. The number of sulfone groups is 1. The molecule has 2 aromatic rings. The van der Waals surface area contributed by atoms with Gasteiger partial charge in [-0.05, 0) is 32.4 Å². The fourth-order valence-corrected chi connectivity index (χ4v) is 6.68. The lowest BCUT2D eigenvalue weighted by Gasteiger charge is -2.29. The van der Waals surface area contributed by atoms with E-state index in [0.29, 0.717) is 24.3 Å². The molecule has 1 aromatic carbocycles. The van der Waals surface area contributed by atoms with Crippen LogP contribution in [0.5, 0.6) is 0 Å². The Morgan fingerprint density at radius 1 is 1.37 bits per heavy atom. The normalized spacial score (nSPS) is 18.7. The molecule has 30 heavy (non-hydrogen) atoms. The number of thiazole rings is 1. The number of aromatic nitrogens is 1.